The van der Waals surface area contributed by atoms with Crippen LogP contribution in [0.2, 0.25) is 5.02 Å². The predicted molar refractivity (Wildman–Crippen MR) is 177 cm³/mol. The zero-order valence-electron chi connectivity index (χ0n) is 25.4. The van der Waals surface area contributed by atoms with E-state index in [1.54, 1.807) is 29.4 Å². The number of rotatable bonds is 11. The van der Waals surface area contributed by atoms with Crippen molar-refractivity contribution >= 4 is 28.8 Å². The molecule has 0 radical (unpaired) electrons. The van der Waals surface area contributed by atoms with Crippen molar-refractivity contribution in [3.8, 4) is 0 Å². The normalized spacial score (nSPS) is 15.7. The molecule has 0 spiro atoms. The van der Waals surface area contributed by atoms with Crippen LogP contribution in [0.3, 0.4) is 0 Å². The molecule has 1 amide bonds. The van der Waals surface area contributed by atoms with Crippen LogP contribution in [-0.2, 0) is 11.2 Å². The van der Waals surface area contributed by atoms with Crippen molar-refractivity contribution in [1.29, 1.82) is 0 Å². The van der Waals surface area contributed by atoms with E-state index in [0.29, 0.717) is 42.5 Å². The quantitative estimate of drug-likeness (QED) is 0.219. The summed E-state index contributed by atoms with van der Waals surface area (Å²) in [5.41, 5.74) is 5.24. The van der Waals surface area contributed by atoms with Gasteiger partial charge in [-0.1, -0.05) is 67.2 Å². The van der Waals surface area contributed by atoms with Crippen LogP contribution in [0.1, 0.15) is 37.3 Å². The number of halogens is 2. The van der Waals surface area contributed by atoms with Gasteiger partial charge in [0.25, 0.3) is 0 Å². The highest BCUT2D eigenvalue weighted by molar-refractivity contribution is 6.32. The summed E-state index contributed by atoms with van der Waals surface area (Å²) in [5, 5.41) is 3.49. The number of carbonyl (C=O) groups excluding carboxylic acids is 1. The van der Waals surface area contributed by atoms with Crippen molar-refractivity contribution in [1.82, 2.24) is 19.6 Å². The van der Waals surface area contributed by atoms with E-state index in [0.717, 1.165) is 49.3 Å². The molecule has 1 saturated heterocycles. The van der Waals surface area contributed by atoms with Crippen molar-refractivity contribution in [2.45, 2.75) is 38.6 Å². The van der Waals surface area contributed by atoms with Crippen molar-refractivity contribution in [2.75, 3.05) is 45.1 Å². The molecule has 0 aromatic heterocycles. The Morgan fingerprint density at radius 1 is 1.14 bits per heavy atom. The van der Waals surface area contributed by atoms with Gasteiger partial charge in [0.1, 0.15) is 12.4 Å². The molecule has 8 heteroatoms. The van der Waals surface area contributed by atoms with Crippen LogP contribution in [0, 0.1) is 5.82 Å². The summed E-state index contributed by atoms with van der Waals surface area (Å²) in [5.74, 6) is 0.396. The van der Waals surface area contributed by atoms with E-state index in [-0.39, 0.29) is 17.5 Å². The zero-order valence-corrected chi connectivity index (χ0v) is 26.2. The summed E-state index contributed by atoms with van der Waals surface area (Å²) >= 11 is 6.42. The molecule has 0 aliphatic carbocycles. The molecule has 6 nitrogen and oxygen atoms in total. The topological polar surface area (TPSA) is 42.1 Å². The second-order valence-corrected chi connectivity index (χ2v) is 11.7. The van der Waals surface area contributed by atoms with Gasteiger partial charge in [0.2, 0.25) is 5.91 Å². The van der Waals surface area contributed by atoms with Gasteiger partial charge in [-0.3, -0.25) is 4.79 Å². The lowest BCUT2D eigenvalue weighted by atomic mass is 10.0. The molecule has 0 bridgehead atoms. The van der Waals surface area contributed by atoms with Gasteiger partial charge < -0.3 is 24.9 Å². The lowest BCUT2D eigenvalue weighted by Gasteiger charge is -2.40. The Kier molecular flexibility index (Phi) is 10.8. The predicted octanol–water partition coefficient (Wildman–Crippen LogP) is 7.11. The van der Waals surface area contributed by atoms with Gasteiger partial charge in [-0.15, -0.1) is 6.58 Å². The number of nitrogens with zero attached hydrogens (tertiary/aromatic N) is 4. The highest BCUT2D eigenvalue weighted by atomic mass is 35.5. The Hall–Kier alpha value is -3.97. The standard InChI is InChI=1S/C35H43ClFN5O/c1-7-40(23-31(26(4)39(6)19-15-25(2)3)30-12-10-13-32(37)35(30)36)24-34(43)41-20-17-29(18-21-41)42-22-16-28-11-8-9-14-33(28)38-27(42)5/h7-14,23,29,38H,1-2,4-5,15-22,24H2,3,6H3/b31-23+. The molecule has 2 heterocycles. The van der Waals surface area contributed by atoms with Crippen LogP contribution in [-0.4, -0.2) is 71.3 Å². The average molecular weight is 604 g/mol. The molecule has 1 N–H and O–H groups in total. The summed E-state index contributed by atoms with van der Waals surface area (Å²) < 4.78 is 14.5. The number of para-hydroxylation sites is 1. The highest BCUT2D eigenvalue weighted by Crippen LogP contribution is 2.33. The van der Waals surface area contributed by atoms with Gasteiger partial charge in [0.05, 0.1) is 10.8 Å². The summed E-state index contributed by atoms with van der Waals surface area (Å²) in [6.07, 6.45) is 6.84. The third-order valence-corrected chi connectivity index (χ3v) is 8.64. The van der Waals surface area contributed by atoms with Crippen LogP contribution in [0.25, 0.3) is 5.57 Å². The monoisotopic (exact) mass is 603 g/mol. The molecule has 0 saturated carbocycles. The summed E-state index contributed by atoms with van der Waals surface area (Å²) in [6, 6.07) is 13.4. The van der Waals surface area contributed by atoms with E-state index in [4.69, 9.17) is 11.6 Å². The van der Waals surface area contributed by atoms with Crippen LogP contribution < -0.4 is 5.32 Å². The molecule has 2 aromatic rings. The fourth-order valence-electron chi connectivity index (χ4n) is 5.59. The SMILES string of the molecule is C=CN(/C=C(\C(=C)N(C)CCC(=C)C)c1cccc(F)c1Cl)CC(=O)N1CCC(N2CCc3ccccc3NC2=C)CC1. The van der Waals surface area contributed by atoms with E-state index in [9.17, 15) is 9.18 Å². The molecule has 0 atom stereocenters. The van der Waals surface area contributed by atoms with Gasteiger partial charge in [-0.25, -0.2) is 4.39 Å². The maximum Gasteiger partial charge on any atom is 0.242 e. The first-order valence-corrected chi connectivity index (χ1v) is 15.1. The Bertz CT molecular complexity index is 1410. The maximum atomic E-state index is 14.5. The van der Waals surface area contributed by atoms with E-state index < -0.39 is 5.82 Å². The minimum atomic E-state index is -0.516. The molecule has 43 heavy (non-hydrogen) atoms. The van der Waals surface area contributed by atoms with E-state index >= 15 is 0 Å². The van der Waals surface area contributed by atoms with E-state index in [1.165, 1.54) is 11.6 Å². The van der Waals surface area contributed by atoms with Gasteiger partial charge in [-0.2, -0.15) is 0 Å². The van der Waals surface area contributed by atoms with Crippen molar-refractivity contribution in [2.24, 2.45) is 0 Å². The minimum Gasteiger partial charge on any atom is -0.374 e. The first-order chi connectivity index (χ1) is 20.6. The number of benzene rings is 2. The number of anilines is 1. The number of hydrogen-bond acceptors (Lipinski definition) is 5. The number of amides is 1. The molecule has 1 fully saturated rings. The maximum absolute atomic E-state index is 14.5. The number of carbonyl (C=O) groups is 1. The summed E-state index contributed by atoms with van der Waals surface area (Å²) in [7, 11) is 1.92. The van der Waals surface area contributed by atoms with Crippen LogP contribution in [0.5, 0.6) is 0 Å². The van der Waals surface area contributed by atoms with Gasteiger partial charge in [0.15, 0.2) is 0 Å². The molecule has 0 unspecified atom stereocenters. The van der Waals surface area contributed by atoms with Gasteiger partial charge >= 0.3 is 0 Å². The number of piperidine rings is 1. The fraction of sp³-hybridized carbons (Fsp3) is 0.343. The first-order valence-electron chi connectivity index (χ1n) is 14.8. The number of likely N-dealkylation sites (tertiary alicyclic amines) is 1. The van der Waals surface area contributed by atoms with E-state index in [2.05, 4.69) is 54.7 Å². The number of nitrogens with one attached hydrogen (secondary N) is 1. The number of fused-ring (bicyclic) bond motifs is 1. The second kappa shape index (κ2) is 14.5. The largest absolute Gasteiger partial charge is 0.374 e. The Labute approximate surface area is 261 Å². The average Bonchev–Trinajstić information content (AvgIpc) is 3.17. The van der Waals surface area contributed by atoms with Crippen molar-refractivity contribution < 1.29 is 9.18 Å². The number of allylic oxidation sites excluding steroid dienone is 1. The van der Waals surface area contributed by atoms with Crippen LogP contribution in [0.15, 0.2) is 98.3 Å². The number of hydrogen-bond donors (Lipinski definition) is 1. The van der Waals surface area contributed by atoms with Crippen molar-refractivity contribution in [3.05, 3.63) is 120 Å². The molecular weight excluding hydrogens is 561 g/mol. The fourth-order valence-corrected chi connectivity index (χ4v) is 5.82. The molecular formula is C35H43ClFN5O. The molecule has 228 valence electrons. The van der Waals surface area contributed by atoms with Crippen LogP contribution >= 0.6 is 11.6 Å². The Morgan fingerprint density at radius 3 is 2.56 bits per heavy atom. The lowest BCUT2D eigenvalue weighted by molar-refractivity contribution is -0.132. The minimum absolute atomic E-state index is 0.000705. The molecule has 2 aromatic carbocycles. The van der Waals surface area contributed by atoms with Gasteiger partial charge in [0, 0.05) is 68.0 Å². The van der Waals surface area contributed by atoms with E-state index in [1.807, 2.05) is 29.8 Å². The smallest absolute Gasteiger partial charge is 0.242 e. The lowest BCUT2D eigenvalue weighted by Crippen LogP contribution is -2.48. The Morgan fingerprint density at radius 2 is 1.86 bits per heavy atom. The molecule has 4 rings (SSSR count). The Balaban J connectivity index is 1.43. The summed E-state index contributed by atoms with van der Waals surface area (Å²) in [4.78, 5) is 21.4. The van der Waals surface area contributed by atoms with Gasteiger partial charge in [-0.05, 0) is 56.5 Å². The number of likely N-dealkylation sites (N-methyl/N-ethyl adjacent to an activating group) is 1. The summed E-state index contributed by atoms with van der Waals surface area (Å²) in [6.45, 7) is 21.5. The van der Waals surface area contributed by atoms with Crippen LogP contribution in [0.4, 0.5) is 10.1 Å². The zero-order chi connectivity index (χ0) is 31.1. The first kappa shape index (κ1) is 32.0. The van der Waals surface area contributed by atoms with Crippen molar-refractivity contribution in [3.63, 3.8) is 0 Å². The molecule has 2 aliphatic heterocycles. The second-order valence-electron chi connectivity index (χ2n) is 11.4. The third-order valence-electron chi connectivity index (χ3n) is 8.26. The third kappa shape index (κ3) is 7.90. The highest BCUT2D eigenvalue weighted by Gasteiger charge is 2.29. The molecule has 2 aliphatic rings.